The molecule has 0 aliphatic carbocycles. The molecule has 3 aromatic rings. The van der Waals surface area contributed by atoms with Crippen LogP contribution >= 0.6 is 23.5 Å². The summed E-state index contributed by atoms with van der Waals surface area (Å²) in [5.74, 6) is 0.739. The lowest BCUT2D eigenvalue weighted by molar-refractivity contribution is 0.0596. The molecule has 1 N–H and O–H groups in total. The molecule has 3 rings (SSSR count). The van der Waals surface area contributed by atoms with Crippen LogP contribution in [0.5, 0.6) is 0 Å². The maximum atomic E-state index is 12.6. The van der Waals surface area contributed by atoms with Gasteiger partial charge in [0.25, 0.3) is 0 Å². The number of ether oxygens (including phenoxy) is 1. The number of methoxy groups -OCH3 is 1. The van der Waals surface area contributed by atoms with Crippen molar-refractivity contribution in [1.82, 2.24) is 9.97 Å². The Bertz CT molecular complexity index is 953. The highest BCUT2D eigenvalue weighted by molar-refractivity contribution is 7.99. The van der Waals surface area contributed by atoms with Gasteiger partial charge in [-0.05, 0) is 24.3 Å². The number of nitrogens with one attached hydrogen (secondary N) is 1. The van der Waals surface area contributed by atoms with E-state index in [4.69, 9.17) is 4.74 Å². The Kier molecular flexibility index (Phi) is 7.55. The average Bonchev–Trinajstić information content (AvgIpc) is 2.78. The van der Waals surface area contributed by atoms with E-state index in [1.165, 1.54) is 30.6 Å². The van der Waals surface area contributed by atoms with E-state index in [1.54, 1.807) is 0 Å². The molecule has 0 spiro atoms. The lowest BCUT2D eigenvalue weighted by atomic mass is 10.1. The Morgan fingerprint density at radius 1 is 1.07 bits per heavy atom. The second-order valence-corrected chi connectivity index (χ2v) is 8.02. The molecule has 0 radical (unpaired) electrons. The normalized spacial score (nSPS) is 11.7. The van der Waals surface area contributed by atoms with Gasteiger partial charge < -0.3 is 10.1 Å². The van der Waals surface area contributed by atoms with Crippen LogP contribution in [-0.4, -0.2) is 29.3 Å². The molecule has 0 aliphatic heterocycles. The summed E-state index contributed by atoms with van der Waals surface area (Å²) >= 11 is 2.95. The van der Waals surface area contributed by atoms with Crippen molar-refractivity contribution in [2.45, 2.75) is 28.9 Å². The second kappa shape index (κ2) is 10.3. The number of carbonyl (C=O) groups excluding carboxylic acids is 1. The SMILES string of the molecule is COC(=O)c1c(NC(C)c2ccccc2)nc(SC)nc1SCc1ccccc1. The second-order valence-electron chi connectivity index (χ2n) is 6.28. The predicted octanol–water partition coefficient (Wildman–Crippen LogP) is 5.45. The highest BCUT2D eigenvalue weighted by Crippen LogP contribution is 2.32. The number of thioether (sulfide) groups is 2. The van der Waals surface area contributed by atoms with Gasteiger partial charge in [-0.2, -0.15) is 0 Å². The van der Waals surface area contributed by atoms with E-state index >= 15 is 0 Å². The van der Waals surface area contributed by atoms with Crippen molar-refractivity contribution in [2.24, 2.45) is 0 Å². The molecule has 1 aromatic heterocycles. The summed E-state index contributed by atoms with van der Waals surface area (Å²) in [4.78, 5) is 21.8. The van der Waals surface area contributed by atoms with E-state index in [-0.39, 0.29) is 6.04 Å². The maximum Gasteiger partial charge on any atom is 0.344 e. The average molecular weight is 426 g/mol. The Labute approximate surface area is 179 Å². The minimum Gasteiger partial charge on any atom is -0.465 e. The smallest absolute Gasteiger partial charge is 0.344 e. The van der Waals surface area contributed by atoms with Gasteiger partial charge in [-0.1, -0.05) is 72.4 Å². The van der Waals surface area contributed by atoms with Crippen LogP contribution in [0.3, 0.4) is 0 Å². The molecule has 0 amide bonds. The van der Waals surface area contributed by atoms with Gasteiger partial charge >= 0.3 is 5.97 Å². The minimum atomic E-state index is -0.448. The zero-order valence-electron chi connectivity index (χ0n) is 16.6. The van der Waals surface area contributed by atoms with Crippen LogP contribution in [0.25, 0.3) is 0 Å². The van der Waals surface area contributed by atoms with Crippen LogP contribution in [0.2, 0.25) is 0 Å². The number of aromatic nitrogens is 2. The molecular weight excluding hydrogens is 402 g/mol. The summed E-state index contributed by atoms with van der Waals surface area (Å²) in [6.07, 6.45) is 1.92. The number of carbonyl (C=O) groups is 1. The maximum absolute atomic E-state index is 12.6. The van der Waals surface area contributed by atoms with Gasteiger partial charge in [0, 0.05) is 11.8 Å². The predicted molar refractivity (Wildman–Crippen MR) is 120 cm³/mol. The molecule has 150 valence electrons. The molecule has 7 heteroatoms. The number of benzene rings is 2. The van der Waals surface area contributed by atoms with Gasteiger partial charge in [-0.3, -0.25) is 0 Å². The Morgan fingerprint density at radius 3 is 2.34 bits per heavy atom. The molecule has 0 bridgehead atoms. The molecule has 1 atom stereocenters. The van der Waals surface area contributed by atoms with Gasteiger partial charge in [0.15, 0.2) is 5.16 Å². The van der Waals surface area contributed by atoms with Crippen LogP contribution in [0.15, 0.2) is 70.8 Å². The summed E-state index contributed by atoms with van der Waals surface area (Å²) < 4.78 is 5.05. The Morgan fingerprint density at radius 2 is 1.72 bits per heavy atom. The van der Waals surface area contributed by atoms with Gasteiger partial charge in [-0.25, -0.2) is 14.8 Å². The first kappa shape index (κ1) is 21.2. The van der Waals surface area contributed by atoms with Gasteiger partial charge in [-0.15, -0.1) is 11.8 Å². The molecule has 0 fully saturated rings. The van der Waals surface area contributed by atoms with Crippen LogP contribution in [0, 0.1) is 0 Å². The Hall–Kier alpha value is -2.51. The summed E-state index contributed by atoms with van der Waals surface area (Å²) in [5.41, 5.74) is 2.63. The van der Waals surface area contributed by atoms with E-state index in [1.807, 2.05) is 61.7 Å². The third kappa shape index (κ3) is 5.52. The van der Waals surface area contributed by atoms with Crippen molar-refractivity contribution in [2.75, 3.05) is 18.7 Å². The van der Waals surface area contributed by atoms with Crippen molar-refractivity contribution in [3.8, 4) is 0 Å². The summed E-state index contributed by atoms with van der Waals surface area (Å²) in [7, 11) is 1.38. The molecule has 1 unspecified atom stereocenters. The Balaban J connectivity index is 1.96. The standard InChI is InChI=1S/C22H23N3O2S2/c1-15(17-12-8-5-9-13-17)23-19-18(21(26)27-2)20(25-22(24-19)28-3)29-14-16-10-6-4-7-11-16/h4-13,15H,14H2,1-3H3,(H,23,24,25). The van der Waals surface area contributed by atoms with Crippen LogP contribution in [-0.2, 0) is 10.5 Å². The van der Waals surface area contributed by atoms with E-state index in [2.05, 4.69) is 27.4 Å². The summed E-state index contributed by atoms with van der Waals surface area (Å²) in [6.45, 7) is 2.04. The molecule has 5 nitrogen and oxygen atoms in total. The molecular formula is C22H23N3O2S2. The van der Waals surface area contributed by atoms with Gasteiger partial charge in [0.05, 0.1) is 7.11 Å². The molecule has 29 heavy (non-hydrogen) atoms. The van der Waals surface area contributed by atoms with E-state index < -0.39 is 5.97 Å². The zero-order valence-corrected chi connectivity index (χ0v) is 18.2. The zero-order chi connectivity index (χ0) is 20.6. The first-order valence-corrected chi connectivity index (χ1v) is 11.4. The van der Waals surface area contributed by atoms with Crippen LogP contribution in [0.4, 0.5) is 5.82 Å². The highest BCUT2D eigenvalue weighted by atomic mass is 32.2. The fraction of sp³-hybridized carbons (Fsp3) is 0.227. The fourth-order valence-corrected chi connectivity index (χ4v) is 4.16. The van der Waals surface area contributed by atoms with E-state index in [9.17, 15) is 4.79 Å². The van der Waals surface area contributed by atoms with Crippen molar-refractivity contribution < 1.29 is 9.53 Å². The number of rotatable bonds is 8. The van der Waals surface area contributed by atoms with Crippen molar-refractivity contribution in [3.63, 3.8) is 0 Å². The summed E-state index contributed by atoms with van der Waals surface area (Å²) in [5, 5.41) is 4.60. The van der Waals surface area contributed by atoms with Gasteiger partial charge in [0.1, 0.15) is 16.4 Å². The number of esters is 1. The lowest BCUT2D eigenvalue weighted by Gasteiger charge is -2.19. The first-order chi connectivity index (χ1) is 14.1. The number of hydrogen-bond acceptors (Lipinski definition) is 7. The van der Waals surface area contributed by atoms with Crippen molar-refractivity contribution in [3.05, 3.63) is 77.4 Å². The first-order valence-electron chi connectivity index (χ1n) is 9.15. The number of hydrogen-bond donors (Lipinski definition) is 1. The van der Waals surface area contributed by atoms with Crippen LogP contribution in [0.1, 0.15) is 34.5 Å². The monoisotopic (exact) mass is 425 g/mol. The largest absolute Gasteiger partial charge is 0.465 e. The molecule has 0 aliphatic rings. The third-order valence-electron chi connectivity index (χ3n) is 4.30. The summed E-state index contributed by atoms with van der Waals surface area (Å²) in [6, 6.07) is 20.1. The van der Waals surface area contributed by atoms with E-state index in [0.717, 1.165) is 11.1 Å². The third-order valence-corrected chi connectivity index (χ3v) is 5.89. The van der Waals surface area contributed by atoms with Crippen LogP contribution < -0.4 is 5.32 Å². The van der Waals surface area contributed by atoms with Crippen molar-refractivity contribution in [1.29, 1.82) is 0 Å². The topological polar surface area (TPSA) is 64.1 Å². The van der Waals surface area contributed by atoms with E-state index in [0.29, 0.717) is 27.3 Å². The molecule has 1 heterocycles. The molecule has 0 saturated heterocycles. The lowest BCUT2D eigenvalue weighted by Crippen LogP contribution is -2.16. The number of nitrogens with zero attached hydrogens (tertiary/aromatic N) is 2. The quantitative estimate of drug-likeness (QED) is 0.223. The fourth-order valence-electron chi connectivity index (χ4n) is 2.76. The van der Waals surface area contributed by atoms with Crippen molar-refractivity contribution >= 4 is 35.3 Å². The highest BCUT2D eigenvalue weighted by Gasteiger charge is 2.23. The number of anilines is 1. The molecule has 2 aromatic carbocycles. The minimum absolute atomic E-state index is 0.0313. The van der Waals surface area contributed by atoms with Gasteiger partial charge in [0.2, 0.25) is 0 Å². The molecule has 0 saturated carbocycles.